The Bertz CT molecular complexity index is 314. The molecule has 0 bridgehead atoms. The first-order chi connectivity index (χ1) is 8.75. The van der Waals surface area contributed by atoms with Gasteiger partial charge in [0.2, 0.25) is 5.91 Å². The van der Waals surface area contributed by atoms with Crippen molar-refractivity contribution in [3.8, 4) is 0 Å². The molecule has 102 valence electrons. The van der Waals surface area contributed by atoms with Crippen LogP contribution in [-0.2, 0) is 4.79 Å². The molecule has 0 aromatic rings. The minimum atomic E-state index is 0.435. The number of rotatable bonds is 2. The molecule has 3 unspecified atom stereocenters. The quantitative estimate of drug-likeness (QED) is 0.813. The number of amides is 1. The first kappa shape index (κ1) is 12.5. The number of likely N-dealkylation sites (tertiary alicyclic amines) is 1. The van der Waals surface area contributed by atoms with Gasteiger partial charge in [0.15, 0.2) is 0 Å². The monoisotopic (exact) mass is 250 g/mol. The summed E-state index contributed by atoms with van der Waals surface area (Å²) in [7, 11) is 0. The molecular weight excluding hydrogens is 224 g/mol. The van der Waals surface area contributed by atoms with E-state index >= 15 is 0 Å². The van der Waals surface area contributed by atoms with E-state index in [0.717, 1.165) is 37.9 Å². The summed E-state index contributed by atoms with van der Waals surface area (Å²) in [4.78, 5) is 14.7. The van der Waals surface area contributed by atoms with Gasteiger partial charge in [0.05, 0.1) is 0 Å². The van der Waals surface area contributed by atoms with Crippen LogP contribution in [0, 0.1) is 17.8 Å². The standard InChI is InChI=1S/C15H26N2O/c1-11-6-7-17(14-5-3-2-4-13(11)14)15(18)8-12-9-16-10-12/h11-14,16H,2-10H2,1H3. The van der Waals surface area contributed by atoms with E-state index in [9.17, 15) is 4.79 Å². The Hall–Kier alpha value is -0.570. The summed E-state index contributed by atoms with van der Waals surface area (Å²) >= 11 is 0. The van der Waals surface area contributed by atoms with Crippen LogP contribution < -0.4 is 5.32 Å². The van der Waals surface area contributed by atoms with Gasteiger partial charge in [0.1, 0.15) is 0 Å². The number of piperidine rings is 1. The van der Waals surface area contributed by atoms with Crippen molar-refractivity contribution in [3.05, 3.63) is 0 Å². The zero-order valence-corrected chi connectivity index (χ0v) is 11.5. The molecule has 2 saturated heterocycles. The molecule has 1 amide bonds. The van der Waals surface area contributed by atoms with Crippen LogP contribution in [0.15, 0.2) is 0 Å². The number of fused-ring (bicyclic) bond motifs is 1. The first-order valence-electron chi connectivity index (χ1n) is 7.76. The second kappa shape index (κ2) is 5.20. The molecule has 3 fully saturated rings. The fourth-order valence-electron chi connectivity index (χ4n) is 4.08. The molecule has 3 rings (SSSR count). The molecule has 0 aromatic carbocycles. The Labute approximate surface area is 110 Å². The fraction of sp³-hybridized carbons (Fsp3) is 0.933. The van der Waals surface area contributed by atoms with Gasteiger partial charge in [-0.3, -0.25) is 4.79 Å². The van der Waals surface area contributed by atoms with Crippen molar-refractivity contribution in [3.63, 3.8) is 0 Å². The highest BCUT2D eigenvalue weighted by atomic mass is 16.2. The van der Waals surface area contributed by atoms with Crippen molar-refractivity contribution in [2.24, 2.45) is 17.8 Å². The van der Waals surface area contributed by atoms with Crippen molar-refractivity contribution in [1.82, 2.24) is 10.2 Å². The van der Waals surface area contributed by atoms with Crippen molar-refractivity contribution >= 4 is 5.91 Å². The van der Waals surface area contributed by atoms with Gasteiger partial charge in [-0.25, -0.2) is 0 Å². The largest absolute Gasteiger partial charge is 0.339 e. The van der Waals surface area contributed by atoms with Crippen molar-refractivity contribution in [1.29, 1.82) is 0 Å². The zero-order valence-electron chi connectivity index (χ0n) is 11.5. The van der Waals surface area contributed by atoms with Crippen molar-refractivity contribution < 1.29 is 4.79 Å². The average Bonchev–Trinajstić information content (AvgIpc) is 2.34. The highest BCUT2D eigenvalue weighted by Crippen LogP contribution is 2.39. The SMILES string of the molecule is CC1CCN(C(=O)CC2CNC2)C2CCCCC12. The molecule has 3 aliphatic rings. The molecule has 0 spiro atoms. The van der Waals surface area contributed by atoms with Crippen LogP contribution in [0.1, 0.15) is 45.4 Å². The van der Waals surface area contributed by atoms with E-state index in [0.29, 0.717) is 17.9 Å². The Morgan fingerprint density at radius 1 is 1.22 bits per heavy atom. The Morgan fingerprint density at radius 3 is 2.72 bits per heavy atom. The summed E-state index contributed by atoms with van der Waals surface area (Å²) in [5, 5.41) is 3.26. The van der Waals surface area contributed by atoms with Gasteiger partial charge in [-0.15, -0.1) is 0 Å². The molecule has 1 saturated carbocycles. The second-order valence-corrected chi connectivity index (χ2v) is 6.60. The first-order valence-corrected chi connectivity index (χ1v) is 7.76. The maximum atomic E-state index is 12.5. The molecule has 2 heterocycles. The summed E-state index contributed by atoms with van der Waals surface area (Å²) < 4.78 is 0. The number of hydrogen-bond donors (Lipinski definition) is 1. The van der Waals surface area contributed by atoms with Crippen LogP contribution in [-0.4, -0.2) is 36.5 Å². The molecule has 3 nitrogen and oxygen atoms in total. The van der Waals surface area contributed by atoms with Gasteiger partial charge in [0.25, 0.3) is 0 Å². The lowest BCUT2D eigenvalue weighted by Gasteiger charge is -2.48. The third-order valence-corrected chi connectivity index (χ3v) is 5.39. The molecule has 3 atom stereocenters. The van der Waals surface area contributed by atoms with Gasteiger partial charge >= 0.3 is 0 Å². The number of carbonyl (C=O) groups excluding carboxylic acids is 1. The number of hydrogen-bond acceptors (Lipinski definition) is 2. The smallest absolute Gasteiger partial charge is 0.223 e. The van der Waals surface area contributed by atoms with E-state index in [1.54, 1.807) is 0 Å². The average molecular weight is 250 g/mol. The van der Waals surface area contributed by atoms with Crippen LogP contribution in [0.5, 0.6) is 0 Å². The maximum absolute atomic E-state index is 12.5. The molecule has 0 radical (unpaired) electrons. The summed E-state index contributed by atoms with van der Waals surface area (Å²) in [5.41, 5.74) is 0. The number of nitrogens with one attached hydrogen (secondary N) is 1. The van der Waals surface area contributed by atoms with E-state index in [1.165, 1.54) is 32.1 Å². The highest BCUT2D eigenvalue weighted by molar-refractivity contribution is 5.77. The van der Waals surface area contributed by atoms with Crippen molar-refractivity contribution in [2.75, 3.05) is 19.6 Å². The Kier molecular flexibility index (Phi) is 3.60. The Morgan fingerprint density at radius 2 is 2.00 bits per heavy atom. The van der Waals surface area contributed by atoms with E-state index in [4.69, 9.17) is 0 Å². The van der Waals surface area contributed by atoms with E-state index in [1.807, 2.05) is 0 Å². The van der Waals surface area contributed by atoms with Crippen LogP contribution in [0.3, 0.4) is 0 Å². The maximum Gasteiger partial charge on any atom is 0.223 e. The number of carbonyl (C=O) groups is 1. The van der Waals surface area contributed by atoms with Crippen LogP contribution in [0.2, 0.25) is 0 Å². The van der Waals surface area contributed by atoms with Crippen LogP contribution >= 0.6 is 0 Å². The molecule has 2 aliphatic heterocycles. The van der Waals surface area contributed by atoms with E-state index in [-0.39, 0.29) is 0 Å². The minimum absolute atomic E-state index is 0.435. The van der Waals surface area contributed by atoms with Crippen molar-refractivity contribution in [2.45, 2.75) is 51.5 Å². The zero-order chi connectivity index (χ0) is 12.5. The van der Waals surface area contributed by atoms with E-state index in [2.05, 4.69) is 17.1 Å². The van der Waals surface area contributed by atoms with E-state index < -0.39 is 0 Å². The molecular formula is C15H26N2O. The lowest BCUT2D eigenvalue weighted by atomic mass is 9.72. The molecule has 0 aromatic heterocycles. The highest BCUT2D eigenvalue weighted by Gasteiger charge is 2.39. The molecule has 3 heteroatoms. The lowest BCUT2D eigenvalue weighted by molar-refractivity contribution is -0.140. The minimum Gasteiger partial charge on any atom is -0.339 e. The predicted molar refractivity (Wildman–Crippen MR) is 72.2 cm³/mol. The molecule has 1 N–H and O–H groups in total. The van der Waals surface area contributed by atoms with Gasteiger partial charge in [-0.05, 0) is 50.1 Å². The lowest BCUT2D eigenvalue weighted by Crippen LogP contribution is -2.54. The third kappa shape index (κ3) is 2.29. The van der Waals surface area contributed by atoms with Gasteiger partial charge < -0.3 is 10.2 Å². The number of nitrogens with zero attached hydrogens (tertiary/aromatic N) is 1. The van der Waals surface area contributed by atoms with Gasteiger partial charge in [-0.2, -0.15) is 0 Å². The summed E-state index contributed by atoms with van der Waals surface area (Å²) in [5.74, 6) is 2.66. The van der Waals surface area contributed by atoms with Crippen LogP contribution in [0.25, 0.3) is 0 Å². The van der Waals surface area contributed by atoms with Gasteiger partial charge in [-0.1, -0.05) is 19.8 Å². The second-order valence-electron chi connectivity index (χ2n) is 6.60. The summed E-state index contributed by atoms with van der Waals surface area (Å²) in [6.07, 6.45) is 7.30. The molecule has 18 heavy (non-hydrogen) atoms. The molecule has 1 aliphatic carbocycles. The normalized spacial score (nSPS) is 36.9. The predicted octanol–water partition coefficient (Wildman–Crippen LogP) is 2.02. The Balaban J connectivity index is 1.64. The fourth-order valence-corrected chi connectivity index (χ4v) is 4.08. The summed E-state index contributed by atoms with van der Waals surface area (Å²) in [6.45, 7) is 5.50. The summed E-state index contributed by atoms with van der Waals surface area (Å²) in [6, 6.07) is 0.572. The van der Waals surface area contributed by atoms with Gasteiger partial charge in [0, 0.05) is 19.0 Å². The van der Waals surface area contributed by atoms with Crippen LogP contribution in [0.4, 0.5) is 0 Å². The topological polar surface area (TPSA) is 32.3 Å². The third-order valence-electron chi connectivity index (χ3n) is 5.39.